The third-order valence-electron chi connectivity index (χ3n) is 3.42. The third-order valence-corrected chi connectivity index (χ3v) is 5.49. The van der Waals surface area contributed by atoms with E-state index in [0.717, 1.165) is 16.4 Å². The van der Waals surface area contributed by atoms with Gasteiger partial charge in [0.25, 0.3) is 10.0 Å². The molecule has 26 heavy (non-hydrogen) atoms. The lowest BCUT2D eigenvalue weighted by atomic mass is 10.3. The van der Waals surface area contributed by atoms with E-state index in [2.05, 4.69) is 0 Å². The fourth-order valence-corrected chi connectivity index (χ4v) is 3.73. The predicted octanol–water partition coefficient (Wildman–Crippen LogP) is 3.25. The Morgan fingerprint density at radius 1 is 1.19 bits per heavy atom. The zero-order valence-corrected chi connectivity index (χ0v) is 15.7. The first-order valence-electron chi connectivity index (χ1n) is 7.57. The number of sulfonamides is 1. The lowest BCUT2D eigenvalue weighted by Gasteiger charge is -2.24. The van der Waals surface area contributed by atoms with Gasteiger partial charge < -0.3 is 9.47 Å². The molecule has 0 aliphatic heterocycles. The monoisotopic (exact) mass is 401 g/mol. The summed E-state index contributed by atoms with van der Waals surface area (Å²) >= 11 is 5.76. The van der Waals surface area contributed by atoms with Crippen molar-refractivity contribution in [1.29, 1.82) is 0 Å². The van der Waals surface area contributed by atoms with Crippen molar-refractivity contribution in [1.82, 2.24) is 0 Å². The summed E-state index contributed by atoms with van der Waals surface area (Å²) in [5.74, 6) is -0.968. The van der Waals surface area contributed by atoms with Crippen LogP contribution in [-0.4, -0.2) is 34.6 Å². The molecular formula is C17H17ClFNO5S. The van der Waals surface area contributed by atoms with Gasteiger partial charge in [-0.15, -0.1) is 0 Å². The highest BCUT2D eigenvalue weighted by molar-refractivity contribution is 7.92. The quantitative estimate of drug-likeness (QED) is 0.666. The van der Waals surface area contributed by atoms with Crippen molar-refractivity contribution in [3.05, 3.63) is 53.3 Å². The molecule has 0 aliphatic rings. The molecule has 0 fully saturated rings. The number of anilines is 1. The third kappa shape index (κ3) is 4.44. The summed E-state index contributed by atoms with van der Waals surface area (Å²) in [5.41, 5.74) is 0.0419. The molecule has 2 aromatic rings. The number of esters is 1. The van der Waals surface area contributed by atoms with Gasteiger partial charge in [0, 0.05) is 0 Å². The van der Waals surface area contributed by atoms with Crippen LogP contribution < -0.4 is 9.04 Å². The van der Waals surface area contributed by atoms with Crippen molar-refractivity contribution in [2.24, 2.45) is 0 Å². The number of rotatable bonds is 7. The van der Waals surface area contributed by atoms with Crippen molar-refractivity contribution in [2.45, 2.75) is 11.8 Å². The van der Waals surface area contributed by atoms with Gasteiger partial charge in [-0.1, -0.05) is 11.6 Å². The molecule has 9 heteroatoms. The van der Waals surface area contributed by atoms with E-state index in [1.807, 2.05) is 0 Å². The van der Waals surface area contributed by atoms with Gasteiger partial charge >= 0.3 is 5.97 Å². The Kier molecular flexibility index (Phi) is 6.44. The summed E-state index contributed by atoms with van der Waals surface area (Å²) in [4.78, 5) is 11.8. The van der Waals surface area contributed by atoms with Gasteiger partial charge in [0.1, 0.15) is 18.1 Å². The lowest BCUT2D eigenvalue weighted by Crippen LogP contribution is -2.36. The zero-order valence-electron chi connectivity index (χ0n) is 14.1. The summed E-state index contributed by atoms with van der Waals surface area (Å²) in [6, 6.07) is 9.03. The Morgan fingerprint density at radius 2 is 1.85 bits per heavy atom. The summed E-state index contributed by atoms with van der Waals surface area (Å²) < 4.78 is 50.1. The maximum absolute atomic E-state index is 13.4. The Labute approximate surface area is 156 Å². The lowest BCUT2D eigenvalue weighted by molar-refractivity contribution is -0.141. The van der Waals surface area contributed by atoms with E-state index in [4.69, 9.17) is 21.1 Å². The van der Waals surface area contributed by atoms with Crippen LogP contribution in [0.4, 0.5) is 10.1 Å². The first-order valence-corrected chi connectivity index (χ1v) is 9.39. The molecule has 0 saturated carbocycles. The van der Waals surface area contributed by atoms with Crippen molar-refractivity contribution in [3.63, 3.8) is 0 Å². The fraction of sp³-hybridized carbons (Fsp3) is 0.235. The topological polar surface area (TPSA) is 72.9 Å². The van der Waals surface area contributed by atoms with Crippen LogP contribution in [0.1, 0.15) is 6.92 Å². The van der Waals surface area contributed by atoms with Crippen LogP contribution in [0.2, 0.25) is 5.02 Å². The average Bonchev–Trinajstić information content (AvgIpc) is 2.62. The number of hydrogen-bond acceptors (Lipinski definition) is 5. The molecular weight excluding hydrogens is 385 g/mol. The van der Waals surface area contributed by atoms with Gasteiger partial charge in [0.05, 0.1) is 29.3 Å². The van der Waals surface area contributed by atoms with Crippen molar-refractivity contribution >= 4 is 33.3 Å². The Bertz CT molecular complexity index is 887. The fourth-order valence-electron chi connectivity index (χ4n) is 2.15. The van der Waals surface area contributed by atoms with Crippen molar-refractivity contribution in [2.75, 3.05) is 24.6 Å². The van der Waals surface area contributed by atoms with Crippen LogP contribution in [-0.2, 0) is 19.6 Å². The molecule has 0 aliphatic carbocycles. The van der Waals surface area contributed by atoms with Crippen LogP contribution in [0, 0.1) is 5.82 Å². The predicted molar refractivity (Wildman–Crippen MR) is 95.6 cm³/mol. The van der Waals surface area contributed by atoms with Gasteiger partial charge in [-0.3, -0.25) is 9.10 Å². The van der Waals surface area contributed by atoms with Crippen LogP contribution in [0.5, 0.6) is 5.75 Å². The number of ether oxygens (including phenoxy) is 2. The zero-order chi connectivity index (χ0) is 19.3. The van der Waals surface area contributed by atoms with Crippen molar-refractivity contribution in [3.8, 4) is 5.75 Å². The minimum absolute atomic E-state index is 0.0419. The van der Waals surface area contributed by atoms with Gasteiger partial charge in [0.2, 0.25) is 0 Å². The minimum Gasteiger partial charge on any atom is -0.497 e. The maximum atomic E-state index is 13.4. The number of hydrogen-bond donors (Lipinski definition) is 0. The molecule has 0 saturated heterocycles. The van der Waals surface area contributed by atoms with E-state index in [1.165, 1.54) is 37.4 Å². The molecule has 0 radical (unpaired) electrons. The largest absolute Gasteiger partial charge is 0.497 e. The molecule has 0 spiro atoms. The van der Waals surface area contributed by atoms with Crippen LogP contribution in [0.25, 0.3) is 0 Å². The van der Waals surface area contributed by atoms with Crippen molar-refractivity contribution < 1.29 is 27.1 Å². The van der Waals surface area contributed by atoms with Gasteiger partial charge in [-0.2, -0.15) is 0 Å². The molecule has 0 aromatic heterocycles. The molecule has 0 amide bonds. The van der Waals surface area contributed by atoms with E-state index in [1.54, 1.807) is 6.92 Å². The number of halogens is 2. The van der Waals surface area contributed by atoms with Crippen LogP contribution in [0.15, 0.2) is 47.4 Å². The highest BCUT2D eigenvalue weighted by atomic mass is 35.5. The molecule has 6 nitrogen and oxygen atoms in total. The van der Waals surface area contributed by atoms with Crippen LogP contribution in [0.3, 0.4) is 0 Å². The van der Waals surface area contributed by atoms with E-state index in [0.29, 0.717) is 5.75 Å². The molecule has 2 rings (SSSR count). The number of nitrogens with zero attached hydrogens (tertiary/aromatic N) is 1. The average molecular weight is 402 g/mol. The molecule has 140 valence electrons. The first-order chi connectivity index (χ1) is 12.3. The Balaban J connectivity index is 2.49. The summed E-state index contributed by atoms with van der Waals surface area (Å²) in [6.07, 6.45) is 0. The van der Waals surface area contributed by atoms with Gasteiger partial charge in [-0.25, -0.2) is 12.8 Å². The molecule has 0 bridgehead atoms. The van der Waals surface area contributed by atoms with Crippen LogP contribution >= 0.6 is 11.6 Å². The highest BCUT2D eigenvalue weighted by Crippen LogP contribution is 2.28. The summed E-state index contributed by atoms with van der Waals surface area (Å²) in [6.45, 7) is 1.12. The highest BCUT2D eigenvalue weighted by Gasteiger charge is 2.28. The number of carbonyl (C=O) groups excluding carboxylic acids is 1. The minimum atomic E-state index is -4.13. The SMILES string of the molecule is CCOC(=O)CN(c1ccc(F)c(Cl)c1)S(=O)(=O)c1ccc(OC)cc1. The Hall–Kier alpha value is -2.32. The second-order valence-electron chi connectivity index (χ2n) is 5.09. The van der Waals surface area contributed by atoms with E-state index < -0.39 is 28.4 Å². The Morgan fingerprint density at radius 3 is 2.38 bits per heavy atom. The second kappa shape index (κ2) is 8.37. The van der Waals surface area contributed by atoms with E-state index in [-0.39, 0.29) is 22.2 Å². The van der Waals surface area contributed by atoms with Gasteiger partial charge in [0.15, 0.2) is 0 Å². The standard InChI is InChI=1S/C17H17ClFNO5S/c1-3-25-17(21)11-20(12-4-9-16(19)15(18)10-12)26(22,23)14-7-5-13(24-2)6-8-14/h4-10H,3,11H2,1-2H3. The summed E-state index contributed by atoms with van der Waals surface area (Å²) in [7, 11) is -2.67. The summed E-state index contributed by atoms with van der Waals surface area (Å²) in [5, 5.41) is -0.263. The molecule has 0 atom stereocenters. The molecule has 0 unspecified atom stereocenters. The first kappa shape index (κ1) is 20.0. The normalized spacial score (nSPS) is 11.1. The maximum Gasteiger partial charge on any atom is 0.326 e. The van der Waals surface area contributed by atoms with E-state index >= 15 is 0 Å². The molecule has 0 heterocycles. The number of benzene rings is 2. The number of methoxy groups -OCH3 is 1. The second-order valence-corrected chi connectivity index (χ2v) is 7.36. The van der Waals surface area contributed by atoms with Gasteiger partial charge in [-0.05, 0) is 49.4 Å². The van der Waals surface area contributed by atoms with E-state index in [9.17, 15) is 17.6 Å². The molecule has 2 aromatic carbocycles. The molecule has 0 N–H and O–H groups in total. The number of carbonyl (C=O) groups is 1. The smallest absolute Gasteiger partial charge is 0.326 e.